The molecule has 0 saturated carbocycles. The molecular formula is C48H26O. The second-order valence-corrected chi connectivity index (χ2v) is 13.0. The first-order valence-electron chi connectivity index (χ1n) is 16.8. The molecule has 1 heteroatoms. The van der Waals surface area contributed by atoms with E-state index in [2.05, 4.69) is 164 Å². The lowest BCUT2D eigenvalue weighted by Crippen LogP contribution is -1.85. The lowest BCUT2D eigenvalue weighted by Gasteiger charge is -2.11. The highest BCUT2D eigenvalue weighted by molar-refractivity contribution is 6.32. The van der Waals surface area contributed by atoms with E-state index in [1.807, 2.05) is 6.07 Å². The van der Waals surface area contributed by atoms with Crippen molar-refractivity contribution in [2.24, 2.45) is 0 Å². The molecule has 49 heavy (non-hydrogen) atoms. The van der Waals surface area contributed by atoms with Gasteiger partial charge in [-0.15, -0.1) is 0 Å². The summed E-state index contributed by atoms with van der Waals surface area (Å²) in [4.78, 5) is 0. The topological polar surface area (TPSA) is 13.1 Å². The Balaban J connectivity index is 1.08. The van der Waals surface area contributed by atoms with Gasteiger partial charge in [-0.1, -0.05) is 146 Å². The number of hydrogen-bond acceptors (Lipinski definition) is 1. The van der Waals surface area contributed by atoms with Gasteiger partial charge in [0.2, 0.25) is 0 Å². The van der Waals surface area contributed by atoms with Gasteiger partial charge in [-0.05, 0) is 94.8 Å². The summed E-state index contributed by atoms with van der Waals surface area (Å²) >= 11 is 0. The van der Waals surface area contributed by atoms with Crippen molar-refractivity contribution < 1.29 is 4.42 Å². The predicted octanol–water partition coefficient (Wildman–Crippen LogP) is 13.4. The van der Waals surface area contributed by atoms with Crippen LogP contribution in [0, 0.1) is 12.1 Å². The van der Waals surface area contributed by atoms with Crippen molar-refractivity contribution in [3.63, 3.8) is 0 Å². The van der Waals surface area contributed by atoms with E-state index in [0.717, 1.165) is 38.5 Å². The molecule has 0 aliphatic heterocycles. The summed E-state index contributed by atoms with van der Waals surface area (Å²) in [7, 11) is 0. The minimum Gasteiger partial charge on any atom is -0.455 e. The van der Waals surface area contributed by atoms with Gasteiger partial charge in [-0.25, -0.2) is 0 Å². The van der Waals surface area contributed by atoms with Crippen LogP contribution in [0.2, 0.25) is 0 Å². The zero-order chi connectivity index (χ0) is 32.1. The Labute approximate surface area is 282 Å². The Morgan fingerprint density at radius 3 is 1.63 bits per heavy atom. The van der Waals surface area contributed by atoms with Crippen LogP contribution in [0.25, 0.3) is 109 Å². The Hall–Kier alpha value is -6.62. The van der Waals surface area contributed by atoms with E-state index < -0.39 is 0 Å². The van der Waals surface area contributed by atoms with E-state index in [-0.39, 0.29) is 0 Å². The fraction of sp³-hybridized carbons (Fsp3) is 0. The van der Waals surface area contributed by atoms with E-state index in [4.69, 9.17) is 4.42 Å². The van der Waals surface area contributed by atoms with Gasteiger partial charge in [0.1, 0.15) is 11.2 Å². The highest BCUT2D eigenvalue weighted by Crippen LogP contribution is 2.44. The molecule has 0 fully saturated rings. The van der Waals surface area contributed by atoms with Crippen molar-refractivity contribution in [2.75, 3.05) is 0 Å². The number of rotatable bonds is 2. The fourth-order valence-electron chi connectivity index (χ4n) is 8.26. The van der Waals surface area contributed by atoms with Crippen molar-refractivity contribution in [1.29, 1.82) is 0 Å². The molecule has 1 heterocycles. The van der Waals surface area contributed by atoms with Crippen LogP contribution in [-0.2, 0) is 0 Å². The van der Waals surface area contributed by atoms with Crippen molar-refractivity contribution >= 4 is 86.6 Å². The van der Waals surface area contributed by atoms with Gasteiger partial charge in [0.15, 0.2) is 0 Å². The van der Waals surface area contributed by atoms with Gasteiger partial charge in [0.25, 0.3) is 0 Å². The Bertz CT molecular complexity index is 3070. The minimum atomic E-state index is 0.924. The molecule has 0 radical (unpaired) electrons. The molecule has 224 valence electrons. The zero-order valence-corrected chi connectivity index (χ0v) is 26.4. The molecule has 0 N–H and O–H groups in total. The Morgan fingerprint density at radius 2 is 0.857 bits per heavy atom. The van der Waals surface area contributed by atoms with Crippen LogP contribution in [0.15, 0.2) is 162 Å². The average molecular weight is 619 g/mol. The second-order valence-electron chi connectivity index (χ2n) is 13.0. The molecule has 0 bridgehead atoms. The van der Waals surface area contributed by atoms with E-state index in [1.165, 1.54) is 70.4 Å². The summed E-state index contributed by atoms with van der Waals surface area (Å²) in [6.07, 6.45) is 0. The lowest BCUT2D eigenvalue weighted by atomic mass is 9.92. The third kappa shape index (κ3) is 3.72. The summed E-state index contributed by atoms with van der Waals surface area (Å²) in [6, 6.07) is 63.4. The van der Waals surface area contributed by atoms with Gasteiger partial charge >= 0.3 is 0 Å². The van der Waals surface area contributed by atoms with Crippen LogP contribution in [-0.4, -0.2) is 0 Å². The van der Waals surface area contributed by atoms with Crippen LogP contribution >= 0.6 is 0 Å². The van der Waals surface area contributed by atoms with Crippen LogP contribution in [0.1, 0.15) is 0 Å². The molecule has 0 saturated heterocycles. The quantitative estimate of drug-likeness (QED) is 0.176. The second kappa shape index (κ2) is 9.94. The maximum Gasteiger partial charge on any atom is 0.143 e. The number of benzene rings is 9. The number of fused-ring (bicyclic) bond motifs is 16. The maximum atomic E-state index is 6.94. The van der Waals surface area contributed by atoms with Gasteiger partial charge in [-0.2, -0.15) is 0 Å². The van der Waals surface area contributed by atoms with Crippen LogP contribution in [0.5, 0.6) is 0 Å². The molecule has 0 aliphatic carbocycles. The molecule has 11 rings (SSSR count). The molecule has 0 atom stereocenters. The molecule has 1 aromatic heterocycles. The van der Waals surface area contributed by atoms with Crippen molar-refractivity contribution in [3.05, 3.63) is 170 Å². The first kappa shape index (κ1) is 26.4. The molecule has 0 amide bonds. The average Bonchev–Trinajstić information content (AvgIpc) is 3.57. The fourth-order valence-corrected chi connectivity index (χ4v) is 8.26. The minimum absolute atomic E-state index is 0.924. The smallest absolute Gasteiger partial charge is 0.143 e. The van der Waals surface area contributed by atoms with E-state index >= 15 is 0 Å². The largest absolute Gasteiger partial charge is 0.455 e. The van der Waals surface area contributed by atoms with E-state index in [9.17, 15) is 0 Å². The van der Waals surface area contributed by atoms with Gasteiger partial charge < -0.3 is 4.42 Å². The zero-order valence-electron chi connectivity index (χ0n) is 26.4. The third-order valence-corrected chi connectivity index (χ3v) is 10.5. The lowest BCUT2D eigenvalue weighted by molar-refractivity contribution is 0.674. The SMILES string of the molecule is c1ccc2c(c#1)c1ccccc1c1cc(-c3ccc(-c4cccc5c4oc4c5ccc5c6ccccc6c6ccccc6c54)cc3)ccc21. The monoisotopic (exact) mass is 618 g/mol. The summed E-state index contributed by atoms with van der Waals surface area (Å²) in [5.41, 5.74) is 6.49. The van der Waals surface area contributed by atoms with Crippen LogP contribution in [0.3, 0.4) is 0 Å². The highest BCUT2D eigenvalue weighted by atomic mass is 16.3. The summed E-state index contributed by atoms with van der Waals surface area (Å²) in [5.74, 6) is 0. The van der Waals surface area contributed by atoms with E-state index in [0.29, 0.717) is 0 Å². The molecule has 11 aromatic rings. The van der Waals surface area contributed by atoms with Gasteiger partial charge in [-0.3, -0.25) is 0 Å². The third-order valence-electron chi connectivity index (χ3n) is 10.5. The maximum absolute atomic E-state index is 6.94. The number of para-hydroxylation sites is 1. The van der Waals surface area contributed by atoms with Crippen LogP contribution in [0.4, 0.5) is 0 Å². The summed E-state index contributed by atoms with van der Waals surface area (Å²) in [5, 5.41) is 17.0. The molecular weight excluding hydrogens is 593 g/mol. The molecule has 0 unspecified atom stereocenters. The highest BCUT2D eigenvalue weighted by Gasteiger charge is 2.18. The van der Waals surface area contributed by atoms with Crippen molar-refractivity contribution in [3.8, 4) is 22.3 Å². The van der Waals surface area contributed by atoms with Crippen molar-refractivity contribution in [1.82, 2.24) is 0 Å². The van der Waals surface area contributed by atoms with Crippen LogP contribution < -0.4 is 0 Å². The normalized spacial score (nSPS) is 11.9. The first-order chi connectivity index (χ1) is 24.3. The standard InChI is InChI=1S/C48H26O/c1-2-12-35-33(10-1)34-11-4-6-16-39(34)45-28-31(24-25-40(35)45)29-20-22-30(23-21-29)32-18-9-19-43-44-27-26-42-38-15-5-3-13-36(38)37-14-7-8-17-41(37)46(42)48(44)49-47(32)43/h2-9,11-28H. The van der Waals surface area contributed by atoms with E-state index in [1.54, 1.807) is 0 Å². The Kier molecular flexibility index (Phi) is 5.37. The Morgan fingerprint density at radius 1 is 0.347 bits per heavy atom. The summed E-state index contributed by atoms with van der Waals surface area (Å²) in [6.45, 7) is 0. The van der Waals surface area contributed by atoms with Crippen molar-refractivity contribution in [2.45, 2.75) is 0 Å². The molecule has 10 aromatic carbocycles. The first-order valence-corrected chi connectivity index (χ1v) is 16.8. The molecule has 0 aliphatic rings. The predicted molar refractivity (Wildman–Crippen MR) is 207 cm³/mol. The van der Waals surface area contributed by atoms with Gasteiger partial charge in [0.05, 0.1) is 0 Å². The number of furan rings is 1. The van der Waals surface area contributed by atoms with Gasteiger partial charge in [0, 0.05) is 27.1 Å². The molecule has 0 spiro atoms. The number of hydrogen-bond donors (Lipinski definition) is 0. The molecule has 1 nitrogen and oxygen atoms in total. The summed E-state index contributed by atoms with van der Waals surface area (Å²) < 4.78 is 6.94.